The van der Waals surface area contributed by atoms with Crippen molar-refractivity contribution >= 4 is 17.4 Å². The van der Waals surface area contributed by atoms with Crippen molar-refractivity contribution in [2.24, 2.45) is 0 Å². The lowest BCUT2D eigenvalue weighted by atomic mass is 10.1. The first kappa shape index (κ1) is 12.6. The summed E-state index contributed by atoms with van der Waals surface area (Å²) in [5.74, 6) is -0.825. The van der Waals surface area contributed by atoms with E-state index in [1.54, 1.807) is 0 Å². The number of aromatic nitrogens is 2. The van der Waals surface area contributed by atoms with E-state index >= 15 is 0 Å². The summed E-state index contributed by atoms with van der Waals surface area (Å²) in [6.07, 6.45) is -4.70. The second kappa shape index (κ2) is 4.09. The minimum atomic E-state index is -4.70. The summed E-state index contributed by atoms with van der Waals surface area (Å²) in [4.78, 5) is 0. The fourth-order valence-corrected chi connectivity index (χ4v) is 1.71. The largest absolute Gasteiger partial charge is 0.507 e. The van der Waals surface area contributed by atoms with Crippen LogP contribution in [0.2, 0.25) is 5.02 Å². The Morgan fingerprint density at radius 3 is 2.44 bits per heavy atom. The standard InChI is InChI=1S/C10H7ClF3N3O/c11-4-1-5(7-3-8(15)17-16-7)9(18)6(2-4)10(12,13)14/h1-3,18H,(H3,15,16,17). The third kappa shape index (κ3) is 2.21. The van der Waals surface area contributed by atoms with E-state index in [4.69, 9.17) is 17.3 Å². The number of nitrogens with one attached hydrogen (secondary N) is 1. The highest BCUT2D eigenvalue weighted by molar-refractivity contribution is 6.31. The van der Waals surface area contributed by atoms with Crippen molar-refractivity contribution in [2.75, 3.05) is 5.73 Å². The molecule has 1 aromatic heterocycles. The number of phenols is 1. The first-order chi connectivity index (χ1) is 8.29. The molecule has 18 heavy (non-hydrogen) atoms. The lowest BCUT2D eigenvalue weighted by Gasteiger charge is -2.12. The van der Waals surface area contributed by atoms with Crippen LogP contribution >= 0.6 is 11.6 Å². The van der Waals surface area contributed by atoms with E-state index in [1.807, 2.05) is 0 Å². The van der Waals surface area contributed by atoms with Gasteiger partial charge in [-0.2, -0.15) is 18.3 Å². The number of aromatic hydroxyl groups is 1. The Morgan fingerprint density at radius 1 is 1.28 bits per heavy atom. The summed E-state index contributed by atoms with van der Waals surface area (Å²) in [5.41, 5.74) is 4.18. The van der Waals surface area contributed by atoms with E-state index in [0.717, 1.165) is 0 Å². The minimum absolute atomic E-state index is 0.0953. The molecular formula is C10H7ClF3N3O. The predicted molar refractivity (Wildman–Crippen MR) is 60.1 cm³/mol. The Morgan fingerprint density at radius 2 is 1.94 bits per heavy atom. The maximum atomic E-state index is 12.7. The first-order valence-corrected chi connectivity index (χ1v) is 5.08. The molecule has 2 rings (SSSR count). The van der Waals surface area contributed by atoms with Crippen LogP contribution in [0.4, 0.5) is 19.0 Å². The van der Waals surface area contributed by atoms with Crippen LogP contribution in [0.25, 0.3) is 11.3 Å². The molecule has 2 aromatic rings. The van der Waals surface area contributed by atoms with Gasteiger partial charge in [0, 0.05) is 16.7 Å². The average molecular weight is 278 g/mol. The number of rotatable bonds is 1. The van der Waals surface area contributed by atoms with E-state index in [1.165, 1.54) is 12.1 Å². The van der Waals surface area contributed by atoms with Gasteiger partial charge in [-0.1, -0.05) is 11.6 Å². The van der Waals surface area contributed by atoms with Crippen LogP contribution in [0.3, 0.4) is 0 Å². The molecule has 1 aromatic carbocycles. The number of nitrogen functional groups attached to an aromatic ring is 1. The number of benzene rings is 1. The van der Waals surface area contributed by atoms with Gasteiger partial charge in [0.25, 0.3) is 0 Å². The summed E-state index contributed by atoms with van der Waals surface area (Å²) in [6.45, 7) is 0. The number of hydrogen-bond acceptors (Lipinski definition) is 3. The number of H-pyrrole nitrogens is 1. The van der Waals surface area contributed by atoms with Crippen molar-refractivity contribution in [3.63, 3.8) is 0 Å². The van der Waals surface area contributed by atoms with Crippen LogP contribution in [0.5, 0.6) is 5.75 Å². The summed E-state index contributed by atoms with van der Waals surface area (Å²) < 4.78 is 38.0. The minimum Gasteiger partial charge on any atom is -0.507 e. The fraction of sp³-hybridized carbons (Fsp3) is 0.100. The molecule has 1 heterocycles. The molecule has 96 valence electrons. The average Bonchev–Trinajstić information content (AvgIpc) is 2.66. The van der Waals surface area contributed by atoms with Crippen molar-refractivity contribution in [3.05, 3.63) is 28.8 Å². The SMILES string of the molecule is Nc1cc(-c2cc(Cl)cc(C(F)(F)F)c2O)[nH]n1. The number of halogens is 4. The second-order valence-electron chi connectivity index (χ2n) is 3.55. The Labute approximate surface area is 104 Å². The molecule has 0 aliphatic heterocycles. The molecule has 0 spiro atoms. The molecule has 8 heteroatoms. The maximum Gasteiger partial charge on any atom is 0.420 e. The highest BCUT2D eigenvalue weighted by Gasteiger charge is 2.35. The molecular weight excluding hydrogens is 271 g/mol. The molecule has 0 fully saturated rings. The Kier molecular flexibility index (Phi) is 2.86. The maximum absolute atomic E-state index is 12.7. The second-order valence-corrected chi connectivity index (χ2v) is 3.99. The number of phenolic OH excluding ortho intramolecular Hbond substituents is 1. The molecule has 0 aliphatic carbocycles. The number of alkyl halides is 3. The van der Waals surface area contributed by atoms with Gasteiger partial charge in [0.1, 0.15) is 11.6 Å². The number of nitrogens with two attached hydrogens (primary N) is 1. The molecule has 0 amide bonds. The Balaban J connectivity index is 2.66. The molecule has 0 saturated carbocycles. The molecule has 0 atom stereocenters. The molecule has 0 radical (unpaired) electrons. The number of anilines is 1. The monoisotopic (exact) mass is 277 g/mol. The molecule has 4 nitrogen and oxygen atoms in total. The van der Waals surface area contributed by atoms with E-state index < -0.39 is 17.5 Å². The number of nitrogens with zero attached hydrogens (tertiary/aromatic N) is 1. The van der Waals surface area contributed by atoms with Crippen LogP contribution in [-0.4, -0.2) is 15.3 Å². The van der Waals surface area contributed by atoms with Gasteiger partial charge in [-0.3, -0.25) is 5.10 Å². The van der Waals surface area contributed by atoms with Gasteiger partial charge >= 0.3 is 6.18 Å². The van der Waals surface area contributed by atoms with Crippen LogP contribution in [0.15, 0.2) is 18.2 Å². The zero-order valence-electron chi connectivity index (χ0n) is 8.72. The van der Waals surface area contributed by atoms with Crippen molar-refractivity contribution in [2.45, 2.75) is 6.18 Å². The first-order valence-electron chi connectivity index (χ1n) is 4.70. The van der Waals surface area contributed by atoms with Gasteiger partial charge in [-0.25, -0.2) is 0 Å². The van der Waals surface area contributed by atoms with Crippen LogP contribution in [-0.2, 0) is 6.18 Å². The van der Waals surface area contributed by atoms with Crippen molar-refractivity contribution < 1.29 is 18.3 Å². The van der Waals surface area contributed by atoms with Gasteiger partial charge in [-0.15, -0.1) is 0 Å². The Hall–Kier alpha value is -1.89. The van der Waals surface area contributed by atoms with Crippen LogP contribution in [0.1, 0.15) is 5.56 Å². The number of hydrogen-bond donors (Lipinski definition) is 3. The van der Waals surface area contributed by atoms with Gasteiger partial charge < -0.3 is 10.8 Å². The van der Waals surface area contributed by atoms with E-state index in [9.17, 15) is 18.3 Å². The Bertz CT molecular complexity index is 595. The highest BCUT2D eigenvalue weighted by atomic mass is 35.5. The van der Waals surface area contributed by atoms with Crippen molar-refractivity contribution in [1.82, 2.24) is 10.2 Å². The van der Waals surface area contributed by atoms with Crippen LogP contribution in [0, 0.1) is 0 Å². The lowest BCUT2D eigenvalue weighted by Crippen LogP contribution is -2.06. The lowest BCUT2D eigenvalue weighted by molar-refractivity contribution is -0.138. The fourth-order valence-electron chi connectivity index (χ4n) is 1.50. The van der Waals surface area contributed by atoms with Gasteiger partial charge in [0.15, 0.2) is 0 Å². The molecule has 0 unspecified atom stereocenters. The summed E-state index contributed by atoms with van der Waals surface area (Å²) in [6, 6.07) is 3.14. The predicted octanol–water partition coefficient (Wildman–Crippen LogP) is 3.04. The zero-order valence-corrected chi connectivity index (χ0v) is 9.47. The summed E-state index contributed by atoms with van der Waals surface area (Å²) in [5, 5.41) is 15.5. The summed E-state index contributed by atoms with van der Waals surface area (Å²) >= 11 is 5.61. The number of aromatic amines is 1. The normalized spacial score (nSPS) is 11.8. The van der Waals surface area contributed by atoms with Gasteiger partial charge in [0.05, 0.1) is 11.3 Å². The van der Waals surface area contributed by atoms with Gasteiger partial charge in [0.2, 0.25) is 0 Å². The molecule has 0 aliphatic rings. The zero-order chi connectivity index (χ0) is 13.5. The van der Waals surface area contributed by atoms with Crippen LogP contribution < -0.4 is 5.73 Å². The van der Waals surface area contributed by atoms with Crippen molar-refractivity contribution in [3.8, 4) is 17.0 Å². The highest BCUT2D eigenvalue weighted by Crippen LogP contribution is 2.42. The quantitative estimate of drug-likeness (QED) is 0.750. The summed E-state index contributed by atoms with van der Waals surface area (Å²) in [7, 11) is 0. The third-order valence-electron chi connectivity index (χ3n) is 2.27. The molecule has 0 saturated heterocycles. The van der Waals surface area contributed by atoms with E-state index in [-0.39, 0.29) is 22.1 Å². The van der Waals surface area contributed by atoms with Gasteiger partial charge in [-0.05, 0) is 12.1 Å². The third-order valence-corrected chi connectivity index (χ3v) is 2.49. The van der Waals surface area contributed by atoms with E-state index in [2.05, 4.69) is 10.2 Å². The topological polar surface area (TPSA) is 74.9 Å². The van der Waals surface area contributed by atoms with E-state index in [0.29, 0.717) is 6.07 Å². The molecule has 4 N–H and O–H groups in total. The molecule has 0 bridgehead atoms. The van der Waals surface area contributed by atoms with Crippen molar-refractivity contribution in [1.29, 1.82) is 0 Å². The smallest absolute Gasteiger partial charge is 0.420 e.